The number of amides is 1. The largest absolute Gasteiger partial charge is 0.481 e. The fraction of sp³-hybridized carbons (Fsp3) is 0.312. The van der Waals surface area contributed by atoms with Gasteiger partial charge in [-0.1, -0.05) is 48.6 Å². The van der Waals surface area contributed by atoms with Gasteiger partial charge in [-0.15, -0.1) is 0 Å². The number of carboxylic acids is 1. The zero-order valence-corrected chi connectivity index (χ0v) is 16.1. The molecule has 1 aliphatic rings. The quantitative estimate of drug-likeness (QED) is 0.286. The molecule has 0 aliphatic carbocycles. The van der Waals surface area contributed by atoms with E-state index < -0.39 is 5.97 Å². The molecule has 122 valence electrons. The Morgan fingerprint density at radius 2 is 2.04 bits per heavy atom. The summed E-state index contributed by atoms with van der Waals surface area (Å²) >= 11 is 8.86. The van der Waals surface area contributed by atoms with Crippen molar-refractivity contribution in [3.05, 3.63) is 38.3 Å². The Morgan fingerprint density at radius 3 is 2.74 bits per heavy atom. The molecule has 1 amide bonds. The first-order chi connectivity index (χ1) is 11.0. The summed E-state index contributed by atoms with van der Waals surface area (Å²) in [4.78, 5) is 25.2. The minimum absolute atomic E-state index is 0.0575. The highest BCUT2D eigenvalue weighted by Gasteiger charge is 2.31. The van der Waals surface area contributed by atoms with Crippen LogP contribution in [0.1, 0.15) is 31.2 Å². The number of aliphatic carboxylic acids is 1. The molecular weight excluding hydrogens is 445 g/mol. The van der Waals surface area contributed by atoms with Crippen molar-refractivity contribution in [2.45, 2.75) is 25.7 Å². The lowest BCUT2D eigenvalue weighted by molar-refractivity contribution is -0.137. The van der Waals surface area contributed by atoms with Crippen LogP contribution in [0.3, 0.4) is 0 Å². The van der Waals surface area contributed by atoms with Gasteiger partial charge in [0.1, 0.15) is 4.32 Å². The maximum absolute atomic E-state index is 12.5. The van der Waals surface area contributed by atoms with Crippen LogP contribution in [0, 0.1) is 3.57 Å². The summed E-state index contributed by atoms with van der Waals surface area (Å²) in [5.41, 5.74) is 1.01. The van der Waals surface area contributed by atoms with E-state index in [0.29, 0.717) is 22.2 Å². The predicted molar refractivity (Wildman–Crippen MR) is 105 cm³/mol. The van der Waals surface area contributed by atoms with Gasteiger partial charge < -0.3 is 5.11 Å². The average molecular weight is 461 g/mol. The molecule has 0 radical (unpaired) electrons. The molecule has 1 heterocycles. The number of thioether (sulfide) groups is 1. The number of benzene rings is 1. The van der Waals surface area contributed by atoms with Gasteiger partial charge in [0.2, 0.25) is 0 Å². The molecule has 23 heavy (non-hydrogen) atoms. The Bertz CT molecular complexity index is 660. The van der Waals surface area contributed by atoms with Crippen molar-refractivity contribution in [2.75, 3.05) is 6.54 Å². The SMILES string of the molecule is O=C(O)CCCCCN1C(=O)/C(=C/c2ccccc2I)SC1=S. The zero-order valence-electron chi connectivity index (χ0n) is 12.3. The molecule has 0 bridgehead atoms. The van der Waals surface area contributed by atoms with Crippen LogP contribution in [-0.2, 0) is 9.59 Å². The lowest BCUT2D eigenvalue weighted by Gasteiger charge is -2.13. The molecule has 0 unspecified atom stereocenters. The minimum Gasteiger partial charge on any atom is -0.481 e. The summed E-state index contributed by atoms with van der Waals surface area (Å²) < 4.78 is 1.66. The first-order valence-electron chi connectivity index (χ1n) is 7.20. The Labute approximate surface area is 158 Å². The summed E-state index contributed by atoms with van der Waals surface area (Å²) in [6.07, 6.45) is 4.22. The Balaban J connectivity index is 1.95. The highest BCUT2D eigenvalue weighted by Crippen LogP contribution is 2.33. The Hall–Kier alpha value is -0.930. The molecule has 4 nitrogen and oxygen atoms in total. The molecule has 1 aliphatic heterocycles. The van der Waals surface area contributed by atoms with Crippen LogP contribution >= 0.6 is 46.6 Å². The molecule has 1 saturated heterocycles. The van der Waals surface area contributed by atoms with E-state index in [2.05, 4.69) is 22.6 Å². The van der Waals surface area contributed by atoms with E-state index in [1.165, 1.54) is 11.8 Å². The fourth-order valence-corrected chi connectivity index (χ4v) is 3.99. The van der Waals surface area contributed by atoms with E-state index in [1.54, 1.807) is 4.90 Å². The van der Waals surface area contributed by atoms with Gasteiger partial charge in [0.05, 0.1) is 4.91 Å². The average Bonchev–Trinajstić information content (AvgIpc) is 2.76. The van der Waals surface area contributed by atoms with E-state index in [1.807, 2.05) is 30.3 Å². The predicted octanol–water partition coefficient (Wildman–Crippen LogP) is 4.14. The van der Waals surface area contributed by atoms with Gasteiger partial charge in [0, 0.05) is 16.5 Å². The maximum Gasteiger partial charge on any atom is 0.303 e. The highest BCUT2D eigenvalue weighted by molar-refractivity contribution is 14.1. The van der Waals surface area contributed by atoms with Crippen molar-refractivity contribution < 1.29 is 14.7 Å². The van der Waals surface area contributed by atoms with Crippen LogP contribution in [0.2, 0.25) is 0 Å². The third kappa shape index (κ3) is 5.29. The molecule has 1 aromatic carbocycles. The van der Waals surface area contributed by atoms with Crippen molar-refractivity contribution in [1.82, 2.24) is 4.90 Å². The normalized spacial score (nSPS) is 16.4. The van der Waals surface area contributed by atoms with Gasteiger partial charge in [0.15, 0.2) is 0 Å². The van der Waals surface area contributed by atoms with E-state index >= 15 is 0 Å². The maximum atomic E-state index is 12.5. The summed E-state index contributed by atoms with van der Waals surface area (Å²) in [6.45, 7) is 0.549. The van der Waals surface area contributed by atoms with Gasteiger partial charge in [-0.25, -0.2) is 0 Å². The van der Waals surface area contributed by atoms with E-state index in [0.717, 1.165) is 22.0 Å². The van der Waals surface area contributed by atoms with Crippen molar-refractivity contribution in [1.29, 1.82) is 0 Å². The molecule has 1 N–H and O–H groups in total. The Morgan fingerprint density at radius 1 is 1.30 bits per heavy atom. The standard InChI is InChI=1S/C16H16INO3S2/c17-12-7-4-3-6-11(12)10-13-15(21)18(16(22)23-13)9-5-1-2-8-14(19)20/h3-4,6-7,10H,1-2,5,8-9H2,(H,19,20)/b13-10-. The monoisotopic (exact) mass is 461 g/mol. The van der Waals surface area contributed by atoms with Crippen molar-refractivity contribution in [3.63, 3.8) is 0 Å². The van der Waals surface area contributed by atoms with E-state index in [4.69, 9.17) is 17.3 Å². The van der Waals surface area contributed by atoms with Crippen LogP contribution in [0.4, 0.5) is 0 Å². The summed E-state index contributed by atoms with van der Waals surface area (Å²) in [7, 11) is 0. The summed E-state index contributed by atoms with van der Waals surface area (Å²) in [5, 5.41) is 8.61. The topological polar surface area (TPSA) is 57.6 Å². The third-order valence-electron chi connectivity index (χ3n) is 3.34. The Kier molecular flexibility index (Phi) is 7.04. The van der Waals surface area contributed by atoms with Crippen LogP contribution < -0.4 is 0 Å². The molecule has 0 saturated carbocycles. The van der Waals surface area contributed by atoms with Crippen molar-refractivity contribution in [2.24, 2.45) is 0 Å². The number of halogens is 1. The minimum atomic E-state index is -0.781. The number of carbonyl (C=O) groups is 2. The van der Waals surface area contributed by atoms with Crippen LogP contribution in [-0.4, -0.2) is 32.7 Å². The van der Waals surface area contributed by atoms with Crippen LogP contribution in [0.5, 0.6) is 0 Å². The third-order valence-corrected chi connectivity index (χ3v) is 5.70. The second-order valence-corrected chi connectivity index (χ2v) is 7.90. The van der Waals surface area contributed by atoms with Crippen molar-refractivity contribution in [3.8, 4) is 0 Å². The number of hydrogen-bond acceptors (Lipinski definition) is 4. The zero-order chi connectivity index (χ0) is 16.8. The molecule has 7 heteroatoms. The first-order valence-corrected chi connectivity index (χ1v) is 9.51. The lowest BCUT2D eigenvalue weighted by atomic mass is 10.2. The first kappa shape index (κ1) is 18.4. The summed E-state index contributed by atoms with van der Waals surface area (Å²) in [5.74, 6) is -0.839. The smallest absolute Gasteiger partial charge is 0.303 e. The molecule has 1 fully saturated rings. The number of hydrogen-bond donors (Lipinski definition) is 1. The van der Waals surface area contributed by atoms with Crippen LogP contribution in [0.25, 0.3) is 6.08 Å². The second kappa shape index (κ2) is 8.79. The highest BCUT2D eigenvalue weighted by atomic mass is 127. The molecule has 0 aromatic heterocycles. The number of rotatable bonds is 7. The van der Waals surface area contributed by atoms with Crippen LogP contribution in [0.15, 0.2) is 29.2 Å². The van der Waals surface area contributed by atoms with Gasteiger partial charge in [0.25, 0.3) is 5.91 Å². The van der Waals surface area contributed by atoms with Gasteiger partial charge in [-0.3, -0.25) is 14.5 Å². The molecule has 0 spiro atoms. The number of thiocarbonyl (C=S) groups is 1. The molecular formula is C16H16INO3S2. The number of carboxylic acid groups (broad SMARTS) is 1. The molecule has 0 atom stereocenters. The second-order valence-electron chi connectivity index (χ2n) is 5.06. The molecule has 1 aromatic rings. The van der Waals surface area contributed by atoms with E-state index in [9.17, 15) is 9.59 Å². The number of nitrogens with zero attached hydrogens (tertiary/aromatic N) is 1. The van der Waals surface area contributed by atoms with Gasteiger partial charge in [-0.2, -0.15) is 0 Å². The molecule has 2 rings (SSSR count). The van der Waals surface area contributed by atoms with Crippen molar-refractivity contribution >= 4 is 68.8 Å². The van der Waals surface area contributed by atoms with Gasteiger partial charge in [-0.05, 0) is 53.1 Å². The number of unbranched alkanes of at least 4 members (excludes halogenated alkanes) is 2. The summed E-state index contributed by atoms with van der Waals surface area (Å²) in [6, 6.07) is 7.87. The fourth-order valence-electron chi connectivity index (χ4n) is 2.15. The lowest BCUT2D eigenvalue weighted by Crippen LogP contribution is -2.29. The van der Waals surface area contributed by atoms with Gasteiger partial charge >= 0.3 is 5.97 Å². The van der Waals surface area contributed by atoms with E-state index in [-0.39, 0.29) is 12.3 Å². The number of carbonyl (C=O) groups excluding carboxylic acids is 1.